The number of carbonyl (C=O) groups is 2. The highest BCUT2D eigenvalue weighted by atomic mass is 16.2. The quantitative estimate of drug-likeness (QED) is 0.509. The number of nitrogens with one attached hydrogen (secondary N) is 1. The highest BCUT2D eigenvalue weighted by Crippen LogP contribution is 2.36. The van der Waals surface area contributed by atoms with Crippen LogP contribution >= 0.6 is 0 Å². The normalized spacial score (nSPS) is 19.8. The van der Waals surface area contributed by atoms with E-state index in [0.717, 1.165) is 42.3 Å². The van der Waals surface area contributed by atoms with Crippen LogP contribution < -0.4 is 5.32 Å². The first-order chi connectivity index (χ1) is 18.3. The molecule has 7 heteroatoms. The predicted molar refractivity (Wildman–Crippen MR) is 149 cm³/mol. The average Bonchev–Trinajstić information content (AvgIpc) is 3.20. The fraction of sp³-hybridized carbons (Fsp3) is 0.452. The first-order valence-corrected chi connectivity index (χ1v) is 13.8. The Morgan fingerprint density at radius 1 is 0.947 bits per heavy atom. The van der Waals surface area contributed by atoms with Crippen molar-refractivity contribution < 1.29 is 9.59 Å². The third kappa shape index (κ3) is 4.99. The SMILES string of the molecule is Cc1nn(-c2ccccc2)c(C)c1CN1CCC2(CC1)C(=O)NC(CC(C)C)C(=O)N2Cc1ccccc1. The molecule has 0 radical (unpaired) electrons. The van der Waals surface area contributed by atoms with Crippen LogP contribution in [0.4, 0.5) is 0 Å². The lowest BCUT2D eigenvalue weighted by Gasteiger charge is -2.52. The van der Waals surface area contributed by atoms with Crippen molar-refractivity contribution >= 4 is 11.8 Å². The molecule has 3 aromatic rings. The Balaban J connectivity index is 1.35. The van der Waals surface area contributed by atoms with E-state index in [0.29, 0.717) is 31.7 Å². The fourth-order valence-corrected chi connectivity index (χ4v) is 6.03. The number of hydrogen-bond acceptors (Lipinski definition) is 4. The summed E-state index contributed by atoms with van der Waals surface area (Å²) in [5.41, 5.74) is 4.70. The first-order valence-electron chi connectivity index (χ1n) is 13.8. The fourth-order valence-electron chi connectivity index (χ4n) is 6.03. The summed E-state index contributed by atoms with van der Waals surface area (Å²) in [4.78, 5) is 31.8. The van der Waals surface area contributed by atoms with Crippen LogP contribution in [0, 0.1) is 19.8 Å². The minimum absolute atomic E-state index is 0.00240. The maximum atomic E-state index is 13.8. The van der Waals surface area contributed by atoms with Gasteiger partial charge in [0, 0.05) is 37.4 Å². The lowest BCUT2D eigenvalue weighted by molar-refractivity contribution is -0.162. The minimum Gasteiger partial charge on any atom is -0.342 e. The van der Waals surface area contributed by atoms with E-state index in [2.05, 4.69) is 50.0 Å². The van der Waals surface area contributed by atoms with Gasteiger partial charge in [-0.2, -0.15) is 5.10 Å². The Labute approximate surface area is 225 Å². The monoisotopic (exact) mass is 513 g/mol. The molecule has 38 heavy (non-hydrogen) atoms. The van der Waals surface area contributed by atoms with E-state index in [4.69, 9.17) is 5.10 Å². The zero-order chi connectivity index (χ0) is 26.9. The second-order valence-corrected chi connectivity index (χ2v) is 11.3. The maximum absolute atomic E-state index is 13.8. The van der Waals surface area contributed by atoms with E-state index in [1.54, 1.807) is 0 Å². The number of para-hydroxylation sites is 1. The minimum atomic E-state index is -0.810. The Kier molecular flexibility index (Phi) is 7.39. The van der Waals surface area contributed by atoms with Crippen LogP contribution in [0.1, 0.15) is 55.6 Å². The largest absolute Gasteiger partial charge is 0.342 e. The van der Waals surface area contributed by atoms with E-state index < -0.39 is 11.6 Å². The number of amides is 2. The molecule has 2 aliphatic rings. The average molecular weight is 514 g/mol. The number of piperazine rings is 1. The lowest BCUT2D eigenvalue weighted by atomic mass is 9.80. The molecule has 1 unspecified atom stereocenters. The summed E-state index contributed by atoms with van der Waals surface area (Å²) in [6.45, 7) is 11.1. The number of aryl methyl sites for hydroxylation is 1. The van der Waals surface area contributed by atoms with Crippen molar-refractivity contribution in [2.24, 2.45) is 5.92 Å². The van der Waals surface area contributed by atoms with Gasteiger partial charge >= 0.3 is 0 Å². The highest BCUT2D eigenvalue weighted by Gasteiger charge is 2.53. The van der Waals surface area contributed by atoms with Gasteiger partial charge in [-0.1, -0.05) is 62.4 Å². The number of rotatable bonds is 7. The van der Waals surface area contributed by atoms with Crippen molar-refractivity contribution in [3.05, 3.63) is 83.2 Å². The third-order valence-corrected chi connectivity index (χ3v) is 8.21. The van der Waals surface area contributed by atoms with E-state index in [9.17, 15) is 9.59 Å². The second-order valence-electron chi connectivity index (χ2n) is 11.3. The van der Waals surface area contributed by atoms with Crippen LogP contribution in [-0.4, -0.2) is 56.1 Å². The van der Waals surface area contributed by atoms with Gasteiger partial charge in [-0.3, -0.25) is 14.5 Å². The van der Waals surface area contributed by atoms with Gasteiger partial charge in [0.25, 0.3) is 0 Å². The van der Waals surface area contributed by atoms with Gasteiger partial charge < -0.3 is 10.2 Å². The molecule has 200 valence electrons. The van der Waals surface area contributed by atoms with Gasteiger partial charge in [-0.25, -0.2) is 4.68 Å². The molecule has 2 saturated heterocycles. The number of carbonyl (C=O) groups excluding carboxylic acids is 2. The summed E-state index contributed by atoms with van der Waals surface area (Å²) in [5, 5.41) is 7.93. The number of benzene rings is 2. The van der Waals surface area contributed by atoms with E-state index in [-0.39, 0.29) is 11.8 Å². The second kappa shape index (κ2) is 10.7. The molecule has 0 saturated carbocycles. The van der Waals surface area contributed by atoms with Crippen LogP contribution in [0.2, 0.25) is 0 Å². The number of piperidine rings is 1. The van der Waals surface area contributed by atoms with Gasteiger partial charge in [-0.05, 0) is 56.7 Å². The van der Waals surface area contributed by atoms with Gasteiger partial charge in [-0.15, -0.1) is 0 Å². The zero-order valence-electron chi connectivity index (χ0n) is 23.0. The highest BCUT2D eigenvalue weighted by molar-refractivity contribution is 6.00. The maximum Gasteiger partial charge on any atom is 0.246 e. The number of likely N-dealkylation sites (tertiary alicyclic amines) is 1. The topological polar surface area (TPSA) is 70.5 Å². The van der Waals surface area contributed by atoms with Gasteiger partial charge in [0.1, 0.15) is 11.6 Å². The zero-order valence-corrected chi connectivity index (χ0v) is 23.0. The molecule has 0 bridgehead atoms. The lowest BCUT2D eigenvalue weighted by Crippen LogP contribution is -2.72. The molecular formula is C31H39N5O2. The molecule has 2 aromatic carbocycles. The summed E-state index contributed by atoms with van der Waals surface area (Å²) in [7, 11) is 0. The molecule has 0 aliphatic carbocycles. The van der Waals surface area contributed by atoms with Crippen molar-refractivity contribution in [3.63, 3.8) is 0 Å². The number of nitrogens with zero attached hydrogens (tertiary/aromatic N) is 4. The van der Waals surface area contributed by atoms with E-state index in [1.165, 1.54) is 5.56 Å². The Bertz CT molecular complexity index is 1280. The standard InChI is InChI=1S/C31H39N5O2/c1-22(2)19-28-29(37)35(20-25-11-7-5-8-12-25)31(30(38)32-28)15-17-34(18-16-31)21-27-23(3)33-36(24(27)4)26-13-9-6-10-14-26/h5-14,22,28H,15-21H2,1-4H3,(H,32,38). The molecule has 7 nitrogen and oxygen atoms in total. The molecule has 5 rings (SSSR count). The van der Waals surface area contributed by atoms with Crippen molar-refractivity contribution in [1.29, 1.82) is 0 Å². The van der Waals surface area contributed by atoms with Crippen LogP contribution in [0.15, 0.2) is 60.7 Å². The molecule has 1 atom stereocenters. The number of aromatic nitrogens is 2. The molecule has 3 heterocycles. The third-order valence-electron chi connectivity index (χ3n) is 8.21. The molecule has 2 fully saturated rings. The molecule has 2 amide bonds. The smallest absolute Gasteiger partial charge is 0.246 e. The van der Waals surface area contributed by atoms with Gasteiger partial charge in [0.2, 0.25) is 11.8 Å². The summed E-state index contributed by atoms with van der Waals surface area (Å²) >= 11 is 0. The summed E-state index contributed by atoms with van der Waals surface area (Å²) in [6, 6.07) is 19.8. The van der Waals surface area contributed by atoms with Crippen LogP contribution in [0.5, 0.6) is 0 Å². The van der Waals surface area contributed by atoms with Crippen molar-refractivity contribution in [1.82, 2.24) is 24.9 Å². The van der Waals surface area contributed by atoms with Gasteiger partial charge in [0.05, 0.1) is 11.4 Å². The summed E-state index contributed by atoms with van der Waals surface area (Å²) < 4.78 is 2.01. The van der Waals surface area contributed by atoms with Crippen LogP contribution in [-0.2, 0) is 22.7 Å². The summed E-state index contributed by atoms with van der Waals surface area (Å²) in [6.07, 6.45) is 1.90. The molecular weight excluding hydrogens is 474 g/mol. The van der Waals surface area contributed by atoms with Crippen molar-refractivity contribution in [2.45, 2.75) is 71.6 Å². The van der Waals surface area contributed by atoms with Crippen molar-refractivity contribution in [3.8, 4) is 5.69 Å². The molecule has 1 N–H and O–H groups in total. The van der Waals surface area contributed by atoms with Gasteiger partial charge in [0.15, 0.2) is 0 Å². The predicted octanol–water partition coefficient (Wildman–Crippen LogP) is 4.40. The Morgan fingerprint density at radius 3 is 2.21 bits per heavy atom. The van der Waals surface area contributed by atoms with Crippen molar-refractivity contribution in [2.75, 3.05) is 13.1 Å². The van der Waals surface area contributed by atoms with E-state index in [1.807, 2.05) is 58.1 Å². The van der Waals surface area contributed by atoms with Crippen LogP contribution in [0.25, 0.3) is 5.69 Å². The Morgan fingerprint density at radius 2 is 1.58 bits per heavy atom. The molecule has 2 aliphatic heterocycles. The Hall–Kier alpha value is -3.45. The van der Waals surface area contributed by atoms with Crippen LogP contribution in [0.3, 0.4) is 0 Å². The molecule has 1 spiro atoms. The first kappa shape index (κ1) is 26.2. The van der Waals surface area contributed by atoms with E-state index >= 15 is 0 Å². The summed E-state index contributed by atoms with van der Waals surface area (Å²) in [5.74, 6) is 0.371. The molecule has 1 aromatic heterocycles. The number of hydrogen-bond donors (Lipinski definition) is 1.